The van der Waals surface area contributed by atoms with Crippen LogP contribution in [0, 0.1) is 0 Å². The fraction of sp³-hybridized carbons (Fsp3) is 0. The van der Waals surface area contributed by atoms with E-state index in [1.807, 2.05) is 53.1 Å². The average Bonchev–Trinajstić information content (AvgIpc) is 3.80. The minimum Gasteiger partial charge on any atom is -0.309 e. The molecule has 3 heterocycles. The van der Waals surface area contributed by atoms with Crippen molar-refractivity contribution in [1.29, 1.82) is 0 Å². The molecule has 0 N–H and O–H groups in total. The first kappa shape index (κ1) is 25.6. The van der Waals surface area contributed by atoms with E-state index >= 15 is 0 Å². The molecule has 4 nitrogen and oxygen atoms in total. The molecule has 8 aromatic carbocycles. The van der Waals surface area contributed by atoms with Gasteiger partial charge in [-0.2, -0.15) is 0 Å². The summed E-state index contributed by atoms with van der Waals surface area (Å²) in [5.74, 6) is 0.343. The zero-order valence-electron chi connectivity index (χ0n) is 33.9. The van der Waals surface area contributed by atoms with Gasteiger partial charge in [0.05, 0.1) is 40.1 Å². The normalized spacial score (nSPS) is 13.0. The van der Waals surface area contributed by atoms with Gasteiger partial charge in [-0.15, -0.1) is 0 Å². The second kappa shape index (κ2) is 12.1. The maximum atomic E-state index is 8.80. The summed E-state index contributed by atoms with van der Waals surface area (Å²) < 4.78 is 46.9. The second-order valence-electron chi connectivity index (χ2n) is 13.5. The summed E-state index contributed by atoms with van der Waals surface area (Å²) >= 11 is 0. The van der Waals surface area contributed by atoms with Gasteiger partial charge in [0.15, 0.2) is 0 Å². The van der Waals surface area contributed by atoms with Crippen molar-refractivity contribution < 1.29 is 6.85 Å². The van der Waals surface area contributed by atoms with Crippen LogP contribution < -0.4 is 0 Å². The molecule has 0 bridgehead atoms. The van der Waals surface area contributed by atoms with Crippen LogP contribution in [0.5, 0.6) is 0 Å². The standard InChI is InChI=1S/C50H32N4/c1-3-13-33(14-4-1)34-23-27-38(28-24-34)53-45-21-11-8-17-39(45)42-31-36(25-29-47(42)53)37-26-30-48-43(32-37)40-18-9-12-22-46(40)54(48)50-51-44-20-10-7-19-41(44)49(52-50)35-15-5-2-6-16-35/h1-32H/i2D,5D,6D,15D,16D. The van der Waals surface area contributed by atoms with Crippen LogP contribution >= 0.6 is 0 Å². The Morgan fingerprint density at radius 2 is 0.889 bits per heavy atom. The maximum Gasteiger partial charge on any atom is 0.235 e. The number of para-hydroxylation sites is 3. The SMILES string of the molecule is [2H]c1c([2H])c([2H])c(-c2nc(-n3c4ccccc4c4cc(-c5ccc6c(c5)c5ccccc5n6-c5ccc(-c6ccccc6)cc5)ccc43)nc3ccccc23)c([2H])c1[2H]. The first-order valence-electron chi connectivity index (χ1n) is 20.4. The van der Waals surface area contributed by atoms with Crippen LogP contribution in [0.25, 0.3) is 99.7 Å². The lowest BCUT2D eigenvalue weighted by molar-refractivity contribution is 1.01. The zero-order valence-corrected chi connectivity index (χ0v) is 28.9. The fourth-order valence-electron chi connectivity index (χ4n) is 7.96. The largest absolute Gasteiger partial charge is 0.309 e. The van der Waals surface area contributed by atoms with Gasteiger partial charge in [-0.3, -0.25) is 4.57 Å². The lowest BCUT2D eigenvalue weighted by atomic mass is 10.0. The highest BCUT2D eigenvalue weighted by Gasteiger charge is 2.19. The van der Waals surface area contributed by atoms with E-state index in [1.165, 1.54) is 16.5 Å². The van der Waals surface area contributed by atoms with Crippen molar-refractivity contribution in [3.8, 4) is 45.1 Å². The lowest BCUT2D eigenvalue weighted by Gasteiger charge is -2.12. The van der Waals surface area contributed by atoms with Gasteiger partial charge in [-0.1, -0.05) is 139 Å². The summed E-state index contributed by atoms with van der Waals surface area (Å²) in [4.78, 5) is 10.0. The monoisotopic (exact) mass is 693 g/mol. The predicted molar refractivity (Wildman–Crippen MR) is 225 cm³/mol. The quantitative estimate of drug-likeness (QED) is 0.180. The van der Waals surface area contributed by atoms with E-state index in [9.17, 15) is 0 Å². The molecule has 11 rings (SSSR count). The maximum absolute atomic E-state index is 8.80. The van der Waals surface area contributed by atoms with Crippen LogP contribution in [0.4, 0.5) is 0 Å². The van der Waals surface area contributed by atoms with Gasteiger partial charge in [0.25, 0.3) is 0 Å². The molecular weight excluding hydrogens is 657 g/mol. The van der Waals surface area contributed by atoms with Crippen molar-refractivity contribution in [2.45, 2.75) is 0 Å². The molecule has 4 heteroatoms. The molecule has 0 aliphatic rings. The van der Waals surface area contributed by atoms with E-state index in [0.717, 1.165) is 55.0 Å². The van der Waals surface area contributed by atoms with Crippen molar-refractivity contribution in [3.63, 3.8) is 0 Å². The molecule has 0 fully saturated rings. The molecule has 0 spiro atoms. The van der Waals surface area contributed by atoms with Crippen LogP contribution in [0.3, 0.4) is 0 Å². The number of hydrogen-bond acceptors (Lipinski definition) is 2. The predicted octanol–water partition coefficient (Wildman–Crippen LogP) is 12.8. The minimum atomic E-state index is -0.445. The Bertz CT molecular complexity index is 3470. The van der Waals surface area contributed by atoms with Gasteiger partial charge < -0.3 is 4.57 Å². The second-order valence-corrected chi connectivity index (χ2v) is 13.5. The number of benzene rings is 8. The van der Waals surface area contributed by atoms with E-state index in [4.69, 9.17) is 16.8 Å². The van der Waals surface area contributed by atoms with Crippen LogP contribution in [-0.4, -0.2) is 19.1 Å². The third-order valence-electron chi connectivity index (χ3n) is 10.4. The Morgan fingerprint density at radius 3 is 1.57 bits per heavy atom. The number of fused-ring (bicyclic) bond motifs is 7. The Hall–Kier alpha value is -7.30. The molecule has 0 radical (unpaired) electrons. The average molecular weight is 694 g/mol. The van der Waals surface area contributed by atoms with Crippen molar-refractivity contribution in [2.75, 3.05) is 0 Å². The summed E-state index contributed by atoms with van der Waals surface area (Å²) in [5, 5.41) is 4.97. The van der Waals surface area contributed by atoms with Crippen molar-refractivity contribution >= 4 is 54.5 Å². The van der Waals surface area contributed by atoms with Crippen molar-refractivity contribution in [2.24, 2.45) is 0 Å². The summed E-state index contributed by atoms with van der Waals surface area (Å²) in [6.07, 6.45) is 0. The molecule has 252 valence electrons. The summed E-state index contributed by atoms with van der Waals surface area (Å²) in [5.41, 5.74) is 10.6. The Labute approximate surface area is 318 Å². The third kappa shape index (κ3) is 4.78. The van der Waals surface area contributed by atoms with E-state index in [1.54, 1.807) is 0 Å². The van der Waals surface area contributed by atoms with Crippen LogP contribution in [0.1, 0.15) is 6.85 Å². The van der Waals surface area contributed by atoms with E-state index in [-0.39, 0.29) is 23.3 Å². The molecule has 0 unspecified atom stereocenters. The number of nitrogens with zero attached hydrogens (tertiary/aromatic N) is 4. The highest BCUT2D eigenvalue weighted by atomic mass is 15.2. The summed E-state index contributed by atoms with van der Waals surface area (Å²) in [7, 11) is 0. The molecule has 3 aromatic heterocycles. The fourth-order valence-corrected chi connectivity index (χ4v) is 7.96. The van der Waals surface area contributed by atoms with Crippen LogP contribution in [0.2, 0.25) is 0 Å². The van der Waals surface area contributed by atoms with E-state index in [0.29, 0.717) is 16.9 Å². The van der Waals surface area contributed by atoms with Gasteiger partial charge in [0.1, 0.15) is 0 Å². The molecule has 0 saturated heterocycles. The molecule has 0 saturated carbocycles. The van der Waals surface area contributed by atoms with Gasteiger partial charge >= 0.3 is 0 Å². The Kier molecular flexibility index (Phi) is 5.76. The molecule has 54 heavy (non-hydrogen) atoms. The minimum absolute atomic E-state index is 0.0415. The molecule has 0 aliphatic heterocycles. The van der Waals surface area contributed by atoms with Crippen molar-refractivity contribution in [1.82, 2.24) is 19.1 Å². The van der Waals surface area contributed by atoms with Gasteiger partial charge in [0.2, 0.25) is 5.95 Å². The lowest BCUT2D eigenvalue weighted by Crippen LogP contribution is -2.03. The molecular formula is C50H32N4. The number of hydrogen-bond donors (Lipinski definition) is 0. The summed E-state index contributed by atoms with van der Waals surface area (Å²) in [6, 6.07) is 54.5. The third-order valence-corrected chi connectivity index (χ3v) is 10.4. The topological polar surface area (TPSA) is 35.6 Å². The Balaban J connectivity index is 1.07. The van der Waals surface area contributed by atoms with Gasteiger partial charge in [-0.05, 0) is 76.9 Å². The Morgan fingerprint density at radius 1 is 0.370 bits per heavy atom. The highest BCUT2D eigenvalue weighted by Crippen LogP contribution is 2.39. The molecule has 11 aromatic rings. The van der Waals surface area contributed by atoms with Crippen LogP contribution in [0.15, 0.2) is 194 Å². The smallest absolute Gasteiger partial charge is 0.235 e. The van der Waals surface area contributed by atoms with Crippen LogP contribution in [-0.2, 0) is 0 Å². The van der Waals surface area contributed by atoms with E-state index < -0.39 is 18.1 Å². The van der Waals surface area contributed by atoms with Gasteiger partial charge in [0, 0.05) is 38.2 Å². The summed E-state index contributed by atoms with van der Waals surface area (Å²) in [6.45, 7) is 0. The number of aromatic nitrogens is 4. The molecule has 0 aliphatic carbocycles. The number of rotatable bonds is 5. The van der Waals surface area contributed by atoms with E-state index in [2.05, 4.69) is 120 Å². The zero-order chi connectivity index (χ0) is 39.9. The molecule has 0 atom stereocenters. The highest BCUT2D eigenvalue weighted by molar-refractivity contribution is 6.12. The van der Waals surface area contributed by atoms with Gasteiger partial charge in [-0.25, -0.2) is 9.97 Å². The van der Waals surface area contributed by atoms with Crippen molar-refractivity contribution in [3.05, 3.63) is 194 Å². The molecule has 0 amide bonds. The first-order chi connectivity index (χ1) is 28.9. The first-order valence-corrected chi connectivity index (χ1v) is 17.9.